The lowest BCUT2D eigenvalue weighted by Crippen LogP contribution is -2.30. The van der Waals surface area contributed by atoms with Crippen LogP contribution in [0.3, 0.4) is 0 Å². The van der Waals surface area contributed by atoms with Crippen LogP contribution in [0.2, 0.25) is 0 Å². The van der Waals surface area contributed by atoms with Crippen molar-refractivity contribution in [1.82, 2.24) is 20.1 Å². The van der Waals surface area contributed by atoms with Gasteiger partial charge in [-0.1, -0.05) is 13.8 Å². The summed E-state index contributed by atoms with van der Waals surface area (Å²) in [6.45, 7) is 3.75. The molecular formula is C11H18N4O3. The molecule has 1 aromatic rings. The number of aliphatic carboxylic acids is 1. The highest BCUT2D eigenvalue weighted by atomic mass is 16.4. The molecule has 0 fully saturated rings. The van der Waals surface area contributed by atoms with Gasteiger partial charge in [0.15, 0.2) is 5.82 Å². The zero-order valence-corrected chi connectivity index (χ0v) is 10.8. The summed E-state index contributed by atoms with van der Waals surface area (Å²) >= 11 is 0. The topological polar surface area (TPSA) is 97.1 Å². The number of carbonyl (C=O) groups excluding carboxylic acids is 1. The molecule has 0 radical (unpaired) electrons. The molecule has 0 aliphatic rings. The van der Waals surface area contributed by atoms with Crippen molar-refractivity contribution in [1.29, 1.82) is 0 Å². The van der Waals surface area contributed by atoms with Crippen molar-refractivity contribution in [3.63, 3.8) is 0 Å². The monoisotopic (exact) mass is 254 g/mol. The first-order chi connectivity index (χ1) is 8.28. The molecule has 1 heterocycles. The first-order valence-corrected chi connectivity index (χ1v) is 5.61. The Balaban J connectivity index is 2.39. The zero-order chi connectivity index (χ0) is 13.8. The van der Waals surface area contributed by atoms with E-state index in [1.165, 1.54) is 0 Å². The largest absolute Gasteiger partial charge is 0.481 e. The number of hydrogen-bond acceptors (Lipinski definition) is 4. The van der Waals surface area contributed by atoms with Crippen molar-refractivity contribution in [3.8, 4) is 0 Å². The lowest BCUT2D eigenvalue weighted by atomic mass is 9.85. The van der Waals surface area contributed by atoms with Crippen molar-refractivity contribution in [2.75, 3.05) is 0 Å². The second-order valence-corrected chi connectivity index (χ2v) is 5.02. The molecule has 0 saturated heterocycles. The van der Waals surface area contributed by atoms with Gasteiger partial charge in [0.1, 0.15) is 6.33 Å². The van der Waals surface area contributed by atoms with Gasteiger partial charge in [-0.25, -0.2) is 4.98 Å². The number of hydrogen-bond donors (Lipinski definition) is 2. The fourth-order valence-corrected chi connectivity index (χ4v) is 1.61. The standard InChI is InChI=1S/C11H18N4O3/c1-11(2,5-10(17)18)4-9(16)12-6-8-13-7-15(3)14-8/h7H,4-6H2,1-3H3,(H,12,16)(H,17,18). The van der Waals surface area contributed by atoms with Gasteiger partial charge in [0, 0.05) is 13.5 Å². The van der Waals surface area contributed by atoms with Crippen molar-refractivity contribution in [3.05, 3.63) is 12.2 Å². The Hall–Kier alpha value is -1.92. The van der Waals surface area contributed by atoms with E-state index in [1.807, 2.05) is 0 Å². The van der Waals surface area contributed by atoms with Gasteiger partial charge in [-0.05, 0) is 5.41 Å². The maximum atomic E-state index is 11.7. The predicted molar refractivity (Wildman–Crippen MR) is 63.5 cm³/mol. The summed E-state index contributed by atoms with van der Waals surface area (Å²) in [4.78, 5) is 26.3. The second-order valence-electron chi connectivity index (χ2n) is 5.02. The van der Waals surface area contributed by atoms with Gasteiger partial charge in [-0.3, -0.25) is 14.3 Å². The van der Waals surface area contributed by atoms with Crippen LogP contribution < -0.4 is 5.32 Å². The number of carbonyl (C=O) groups is 2. The molecular weight excluding hydrogens is 236 g/mol. The van der Waals surface area contributed by atoms with Crippen LogP contribution in [0.5, 0.6) is 0 Å². The Morgan fingerprint density at radius 2 is 2.11 bits per heavy atom. The van der Waals surface area contributed by atoms with Gasteiger partial charge in [-0.15, -0.1) is 0 Å². The summed E-state index contributed by atoms with van der Waals surface area (Å²) in [5.74, 6) is -0.574. The zero-order valence-electron chi connectivity index (χ0n) is 10.8. The lowest BCUT2D eigenvalue weighted by molar-refractivity contribution is -0.139. The number of carboxylic acids is 1. The van der Waals surface area contributed by atoms with E-state index >= 15 is 0 Å². The Bertz CT molecular complexity index is 439. The minimum absolute atomic E-state index is 0.0394. The summed E-state index contributed by atoms with van der Waals surface area (Å²) in [5, 5.41) is 15.4. The number of nitrogens with one attached hydrogen (secondary N) is 1. The summed E-state index contributed by atoms with van der Waals surface area (Å²) in [6, 6.07) is 0. The molecule has 0 aliphatic carbocycles. The Kier molecular flexibility index (Phi) is 4.41. The molecule has 0 aromatic carbocycles. The van der Waals surface area contributed by atoms with Crippen molar-refractivity contribution < 1.29 is 14.7 Å². The van der Waals surface area contributed by atoms with E-state index in [9.17, 15) is 9.59 Å². The highest BCUT2D eigenvalue weighted by Gasteiger charge is 2.25. The van der Waals surface area contributed by atoms with E-state index in [-0.39, 0.29) is 25.3 Å². The first-order valence-electron chi connectivity index (χ1n) is 5.61. The minimum atomic E-state index is -0.904. The fourth-order valence-electron chi connectivity index (χ4n) is 1.61. The number of aryl methyl sites for hydroxylation is 1. The fraction of sp³-hybridized carbons (Fsp3) is 0.636. The van der Waals surface area contributed by atoms with E-state index in [0.29, 0.717) is 5.82 Å². The Labute approximate surface area is 105 Å². The molecule has 0 saturated carbocycles. The summed E-state index contributed by atoms with van der Waals surface area (Å²) < 4.78 is 1.55. The first kappa shape index (κ1) is 14.1. The number of aromatic nitrogens is 3. The quantitative estimate of drug-likeness (QED) is 0.762. The third-order valence-corrected chi connectivity index (χ3v) is 2.36. The van der Waals surface area contributed by atoms with Gasteiger partial charge in [0.25, 0.3) is 0 Å². The van der Waals surface area contributed by atoms with E-state index < -0.39 is 11.4 Å². The van der Waals surface area contributed by atoms with E-state index in [1.54, 1.807) is 31.9 Å². The molecule has 0 spiro atoms. The van der Waals surface area contributed by atoms with Crippen molar-refractivity contribution in [2.24, 2.45) is 12.5 Å². The van der Waals surface area contributed by atoms with Crippen LogP contribution in [-0.2, 0) is 23.2 Å². The number of nitrogens with zero attached hydrogens (tertiary/aromatic N) is 3. The molecule has 0 unspecified atom stereocenters. The summed E-state index contributed by atoms with van der Waals surface area (Å²) in [5.41, 5.74) is -0.562. The van der Waals surface area contributed by atoms with E-state index in [2.05, 4.69) is 15.4 Å². The number of amides is 1. The maximum absolute atomic E-state index is 11.7. The van der Waals surface area contributed by atoms with Gasteiger partial charge in [0.05, 0.1) is 13.0 Å². The molecule has 7 heteroatoms. The smallest absolute Gasteiger partial charge is 0.303 e. The molecule has 7 nitrogen and oxygen atoms in total. The highest BCUT2D eigenvalue weighted by molar-refractivity contribution is 5.77. The second kappa shape index (κ2) is 5.61. The average molecular weight is 254 g/mol. The lowest BCUT2D eigenvalue weighted by Gasteiger charge is -2.21. The van der Waals surface area contributed by atoms with Gasteiger partial charge in [-0.2, -0.15) is 5.10 Å². The molecule has 0 aliphatic heterocycles. The molecule has 1 rings (SSSR count). The van der Waals surface area contributed by atoms with Crippen LogP contribution >= 0.6 is 0 Å². The highest BCUT2D eigenvalue weighted by Crippen LogP contribution is 2.24. The van der Waals surface area contributed by atoms with Crippen LogP contribution in [-0.4, -0.2) is 31.7 Å². The molecule has 2 N–H and O–H groups in total. The molecule has 1 aromatic heterocycles. The maximum Gasteiger partial charge on any atom is 0.303 e. The van der Waals surface area contributed by atoms with E-state index in [0.717, 1.165) is 0 Å². The summed E-state index contributed by atoms with van der Waals surface area (Å²) in [7, 11) is 1.74. The van der Waals surface area contributed by atoms with Crippen LogP contribution in [0.4, 0.5) is 0 Å². The van der Waals surface area contributed by atoms with Crippen molar-refractivity contribution >= 4 is 11.9 Å². The van der Waals surface area contributed by atoms with Gasteiger partial charge in [0.2, 0.25) is 5.91 Å². The third kappa shape index (κ3) is 4.94. The molecule has 0 bridgehead atoms. The van der Waals surface area contributed by atoms with Crippen LogP contribution in [0, 0.1) is 5.41 Å². The predicted octanol–water partition coefficient (Wildman–Crippen LogP) is 0.322. The van der Waals surface area contributed by atoms with Crippen LogP contribution in [0.25, 0.3) is 0 Å². The molecule has 0 atom stereocenters. The average Bonchev–Trinajstić information content (AvgIpc) is 2.58. The molecule has 100 valence electrons. The molecule has 1 amide bonds. The Morgan fingerprint density at radius 1 is 1.44 bits per heavy atom. The summed E-state index contributed by atoms with van der Waals surface area (Å²) in [6.07, 6.45) is 1.67. The van der Waals surface area contributed by atoms with Gasteiger partial charge < -0.3 is 10.4 Å². The third-order valence-electron chi connectivity index (χ3n) is 2.36. The SMILES string of the molecule is Cn1cnc(CNC(=O)CC(C)(C)CC(=O)O)n1. The number of rotatable bonds is 6. The van der Waals surface area contributed by atoms with Crippen LogP contribution in [0.15, 0.2) is 6.33 Å². The van der Waals surface area contributed by atoms with Crippen molar-refractivity contribution in [2.45, 2.75) is 33.2 Å². The molecule has 18 heavy (non-hydrogen) atoms. The van der Waals surface area contributed by atoms with E-state index in [4.69, 9.17) is 5.11 Å². The van der Waals surface area contributed by atoms with Crippen LogP contribution in [0.1, 0.15) is 32.5 Å². The minimum Gasteiger partial charge on any atom is -0.481 e. The Morgan fingerprint density at radius 3 is 2.61 bits per heavy atom. The van der Waals surface area contributed by atoms with Gasteiger partial charge >= 0.3 is 5.97 Å². The number of carboxylic acid groups (broad SMARTS) is 1. The normalized spacial score (nSPS) is 11.3.